The maximum Gasteiger partial charge on any atom is 0.371 e. The zero-order valence-corrected chi connectivity index (χ0v) is 14.0. The summed E-state index contributed by atoms with van der Waals surface area (Å²) in [7, 11) is 0. The Morgan fingerprint density at radius 3 is 2.39 bits per heavy atom. The predicted molar refractivity (Wildman–Crippen MR) is 84.5 cm³/mol. The quantitative estimate of drug-likeness (QED) is 0.285. The highest BCUT2D eigenvalue weighted by molar-refractivity contribution is 5.88. The van der Waals surface area contributed by atoms with Gasteiger partial charge in [0, 0.05) is 13.5 Å². The number of ether oxygens (including phenoxy) is 3. The molecular weight excluding hydrogens is 300 g/mol. The molecule has 128 valence electrons. The fraction of sp³-hybridized carbons (Fsp3) is 0.471. The Balaban J connectivity index is 2.35. The van der Waals surface area contributed by atoms with Crippen molar-refractivity contribution in [2.45, 2.75) is 46.4 Å². The molecule has 3 atom stereocenters. The molecule has 6 heteroatoms. The summed E-state index contributed by atoms with van der Waals surface area (Å²) in [5.41, 5.74) is 0.128. The predicted octanol–water partition coefficient (Wildman–Crippen LogP) is 3.23. The van der Waals surface area contributed by atoms with E-state index in [0.29, 0.717) is 12.4 Å². The molecule has 1 aromatic rings. The molecule has 0 spiro atoms. The van der Waals surface area contributed by atoms with Crippen LogP contribution in [-0.2, 0) is 24.0 Å². The maximum absolute atomic E-state index is 11.9. The van der Waals surface area contributed by atoms with Crippen molar-refractivity contribution >= 4 is 5.97 Å². The first-order valence-electron chi connectivity index (χ1n) is 7.49. The standard InChI is InChI=1S/C17H24O6/c1-6-19-14(4)20-13(3)12(2)17(18)23-22-15(5)21-16-10-8-7-9-11-16/h7-11,13-15H,2,6H2,1,3-5H3. The van der Waals surface area contributed by atoms with Gasteiger partial charge in [-0.15, -0.1) is 4.89 Å². The van der Waals surface area contributed by atoms with Crippen LogP contribution < -0.4 is 4.74 Å². The summed E-state index contributed by atoms with van der Waals surface area (Å²) in [6, 6.07) is 9.06. The van der Waals surface area contributed by atoms with Gasteiger partial charge in [0.25, 0.3) is 0 Å². The molecule has 3 unspecified atom stereocenters. The Kier molecular flexibility index (Phi) is 8.32. The zero-order chi connectivity index (χ0) is 17.2. The Labute approximate surface area is 136 Å². The van der Waals surface area contributed by atoms with Gasteiger partial charge in [-0.1, -0.05) is 24.8 Å². The van der Waals surface area contributed by atoms with Crippen LogP contribution in [0, 0.1) is 0 Å². The van der Waals surface area contributed by atoms with E-state index in [-0.39, 0.29) is 5.57 Å². The van der Waals surface area contributed by atoms with Crippen LogP contribution in [0.25, 0.3) is 0 Å². The monoisotopic (exact) mass is 324 g/mol. The molecule has 1 rings (SSSR count). The molecule has 0 saturated carbocycles. The smallest absolute Gasteiger partial charge is 0.371 e. The van der Waals surface area contributed by atoms with Gasteiger partial charge in [0.15, 0.2) is 6.29 Å². The van der Waals surface area contributed by atoms with Crippen molar-refractivity contribution in [3.05, 3.63) is 42.5 Å². The molecule has 0 radical (unpaired) electrons. The van der Waals surface area contributed by atoms with Crippen molar-refractivity contribution in [3.8, 4) is 5.75 Å². The molecule has 0 amide bonds. The SMILES string of the molecule is C=C(C(=O)OOC(C)Oc1ccccc1)C(C)OC(C)OCC. The van der Waals surface area contributed by atoms with E-state index in [4.69, 9.17) is 24.0 Å². The lowest BCUT2D eigenvalue weighted by atomic mass is 10.2. The first-order chi connectivity index (χ1) is 10.9. The van der Waals surface area contributed by atoms with E-state index in [1.807, 2.05) is 25.1 Å². The molecule has 0 saturated heterocycles. The number of hydrogen-bond acceptors (Lipinski definition) is 6. The minimum atomic E-state index is -0.757. The summed E-state index contributed by atoms with van der Waals surface area (Å²) in [5.74, 6) is -0.109. The second kappa shape index (κ2) is 9.99. The summed E-state index contributed by atoms with van der Waals surface area (Å²) in [6.45, 7) is 11.1. The largest absolute Gasteiger partial charge is 0.461 e. The number of rotatable bonds is 10. The first kappa shape index (κ1) is 19.2. The first-order valence-corrected chi connectivity index (χ1v) is 7.49. The minimum absolute atomic E-state index is 0.128. The van der Waals surface area contributed by atoms with Crippen molar-refractivity contribution in [3.63, 3.8) is 0 Å². The number of carbonyl (C=O) groups excluding carboxylic acids is 1. The van der Waals surface area contributed by atoms with Gasteiger partial charge in [0.2, 0.25) is 6.29 Å². The van der Waals surface area contributed by atoms with E-state index in [1.165, 1.54) is 0 Å². The summed E-state index contributed by atoms with van der Waals surface area (Å²) in [6.07, 6.45) is -1.76. The van der Waals surface area contributed by atoms with Gasteiger partial charge in [0.1, 0.15) is 5.75 Å². The third-order valence-corrected chi connectivity index (χ3v) is 2.85. The molecule has 6 nitrogen and oxygen atoms in total. The van der Waals surface area contributed by atoms with Crippen LogP contribution in [0.5, 0.6) is 5.75 Å². The van der Waals surface area contributed by atoms with Crippen molar-refractivity contribution < 1.29 is 28.8 Å². The number of carbonyl (C=O) groups is 1. The van der Waals surface area contributed by atoms with Crippen LogP contribution in [0.1, 0.15) is 27.7 Å². The molecule has 0 fully saturated rings. The van der Waals surface area contributed by atoms with E-state index in [1.54, 1.807) is 32.9 Å². The van der Waals surface area contributed by atoms with Gasteiger partial charge in [-0.25, -0.2) is 4.79 Å². The molecule has 0 bridgehead atoms. The Bertz CT molecular complexity index is 487. The van der Waals surface area contributed by atoms with E-state index < -0.39 is 24.7 Å². The van der Waals surface area contributed by atoms with Crippen LogP contribution in [0.4, 0.5) is 0 Å². The van der Waals surface area contributed by atoms with Gasteiger partial charge in [0.05, 0.1) is 11.7 Å². The maximum atomic E-state index is 11.9. The zero-order valence-electron chi connectivity index (χ0n) is 14.0. The second-order valence-electron chi connectivity index (χ2n) is 4.79. The molecule has 0 aliphatic rings. The second-order valence-corrected chi connectivity index (χ2v) is 4.79. The minimum Gasteiger partial charge on any atom is -0.461 e. The number of para-hydroxylation sites is 1. The lowest BCUT2D eigenvalue weighted by Crippen LogP contribution is -2.27. The van der Waals surface area contributed by atoms with Crippen LogP contribution >= 0.6 is 0 Å². The lowest BCUT2D eigenvalue weighted by Gasteiger charge is -2.20. The van der Waals surface area contributed by atoms with Crippen LogP contribution in [0.15, 0.2) is 42.5 Å². The van der Waals surface area contributed by atoms with E-state index in [0.717, 1.165) is 0 Å². The lowest BCUT2D eigenvalue weighted by molar-refractivity contribution is -0.328. The van der Waals surface area contributed by atoms with Gasteiger partial charge in [-0.3, -0.25) is 4.89 Å². The highest BCUT2D eigenvalue weighted by Gasteiger charge is 2.21. The Hall–Kier alpha value is -1.89. The van der Waals surface area contributed by atoms with Crippen LogP contribution in [-0.4, -0.2) is 31.3 Å². The molecule has 0 aromatic heterocycles. The average molecular weight is 324 g/mol. The molecule has 1 aromatic carbocycles. The molecular formula is C17H24O6. The molecule has 23 heavy (non-hydrogen) atoms. The number of hydrogen-bond donors (Lipinski definition) is 0. The molecule has 0 heterocycles. The molecule has 0 N–H and O–H groups in total. The van der Waals surface area contributed by atoms with Gasteiger partial charge in [-0.05, 0) is 32.9 Å². The summed E-state index contributed by atoms with van der Waals surface area (Å²) >= 11 is 0. The van der Waals surface area contributed by atoms with E-state index >= 15 is 0 Å². The Morgan fingerprint density at radius 1 is 1.13 bits per heavy atom. The van der Waals surface area contributed by atoms with Crippen molar-refractivity contribution in [1.29, 1.82) is 0 Å². The fourth-order valence-corrected chi connectivity index (χ4v) is 1.68. The highest BCUT2D eigenvalue weighted by atomic mass is 17.2. The van der Waals surface area contributed by atoms with Crippen molar-refractivity contribution in [2.24, 2.45) is 0 Å². The van der Waals surface area contributed by atoms with Crippen molar-refractivity contribution in [1.82, 2.24) is 0 Å². The van der Waals surface area contributed by atoms with E-state index in [2.05, 4.69) is 6.58 Å². The van der Waals surface area contributed by atoms with Gasteiger partial charge < -0.3 is 14.2 Å². The number of benzene rings is 1. The molecule has 0 aliphatic carbocycles. The van der Waals surface area contributed by atoms with Crippen LogP contribution in [0.3, 0.4) is 0 Å². The fourth-order valence-electron chi connectivity index (χ4n) is 1.68. The topological polar surface area (TPSA) is 63.2 Å². The Morgan fingerprint density at radius 2 is 1.78 bits per heavy atom. The summed E-state index contributed by atoms with van der Waals surface area (Å²) in [5, 5.41) is 0. The molecule has 0 aliphatic heterocycles. The average Bonchev–Trinajstić information content (AvgIpc) is 2.53. The third-order valence-electron chi connectivity index (χ3n) is 2.85. The highest BCUT2D eigenvalue weighted by Crippen LogP contribution is 2.13. The van der Waals surface area contributed by atoms with Gasteiger partial charge in [-0.2, -0.15) is 0 Å². The van der Waals surface area contributed by atoms with Gasteiger partial charge >= 0.3 is 5.97 Å². The van der Waals surface area contributed by atoms with E-state index in [9.17, 15) is 4.79 Å². The normalized spacial score (nSPS) is 14.6. The summed E-state index contributed by atoms with van der Waals surface area (Å²) in [4.78, 5) is 21.5. The van der Waals surface area contributed by atoms with Crippen LogP contribution in [0.2, 0.25) is 0 Å². The van der Waals surface area contributed by atoms with Crippen molar-refractivity contribution in [2.75, 3.05) is 6.61 Å². The third kappa shape index (κ3) is 7.27. The summed E-state index contributed by atoms with van der Waals surface area (Å²) < 4.78 is 16.1.